The zero-order valence-electron chi connectivity index (χ0n) is 5.19. The fourth-order valence-corrected chi connectivity index (χ4v) is 4.30. The molecule has 0 aromatic carbocycles. The van der Waals surface area contributed by atoms with Gasteiger partial charge in [0, 0.05) is 8.75 Å². The summed E-state index contributed by atoms with van der Waals surface area (Å²) in [6.07, 6.45) is 4.49. The van der Waals surface area contributed by atoms with E-state index in [9.17, 15) is 0 Å². The Balaban J connectivity index is 2.15. The van der Waals surface area contributed by atoms with E-state index in [-0.39, 0.29) is 0 Å². The van der Waals surface area contributed by atoms with Crippen LogP contribution in [0.2, 0.25) is 0 Å². The van der Waals surface area contributed by atoms with E-state index in [4.69, 9.17) is 0 Å². The average Bonchev–Trinajstić information content (AvgIpc) is 2.37. The monoisotopic (exact) mass is 300 g/mol. The molecule has 2 aliphatic carbocycles. The molecule has 0 radical (unpaired) electrons. The van der Waals surface area contributed by atoms with Crippen molar-refractivity contribution in [1.29, 1.82) is 0 Å². The van der Waals surface area contributed by atoms with Crippen LogP contribution in [-0.2, 0) is 0 Å². The fourth-order valence-electron chi connectivity index (χ4n) is 2.15. The highest BCUT2D eigenvalue weighted by Gasteiger charge is 2.44. The molecule has 0 spiro atoms. The largest absolute Gasteiger partial charge is 0.0876 e. The highest BCUT2D eigenvalue weighted by molar-refractivity contribution is 14.1. The molecule has 2 fully saturated rings. The minimum Gasteiger partial charge on any atom is -0.0876 e. The average molecular weight is 301 g/mol. The summed E-state index contributed by atoms with van der Waals surface area (Å²) in [5.74, 6) is 2.08. The van der Waals surface area contributed by atoms with Gasteiger partial charge in [-0.15, -0.1) is 0 Å². The van der Waals surface area contributed by atoms with Gasteiger partial charge in [0.25, 0.3) is 0 Å². The highest BCUT2D eigenvalue weighted by Crippen LogP contribution is 2.51. The smallest absolute Gasteiger partial charge is 0.0294 e. The van der Waals surface area contributed by atoms with Gasteiger partial charge in [0.2, 0.25) is 0 Å². The Morgan fingerprint density at radius 1 is 1.22 bits per heavy atom. The molecule has 0 nitrogen and oxygen atoms in total. The zero-order valence-corrected chi connectivity index (χ0v) is 8.93. The highest BCUT2D eigenvalue weighted by atomic mass is 127. The Labute approximate surface area is 78.0 Å². The first kappa shape index (κ1) is 6.89. The molecule has 2 saturated carbocycles. The minimum absolute atomic E-state index is 0.844. The van der Waals surface area contributed by atoms with Crippen LogP contribution in [0.3, 0.4) is 0 Å². The van der Waals surface area contributed by atoms with Gasteiger partial charge in [0.15, 0.2) is 0 Å². The van der Waals surface area contributed by atoms with E-state index in [0.29, 0.717) is 0 Å². The van der Waals surface area contributed by atoms with Crippen molar-refractivity contribution in [2.45, 2.75) is 28.0 Å². The summed E-state index contributed by atoms with van der Waals surface area (Å²) in [7, 11) is 0. The molecule has 0 N–H and O–H groups in total. The van der Waals surface area contributed by atoms with Crippen LogP contribution in [0.1, 0.15) is 19.3 Å². The molecule has 9 heavy (non-hydrogen) atoms. The van der Waals surface area contributed by atoms with E-state index in [1.165, 1.54) is 19.3 Å². The van der Waals surface area contributed by atoms with Crippen LogP contribution in [-0.4, -0.2) is 8.75 Å². The molecule has 0 aliphatic heterocycles. The molecule has 0 aromatic rings. The van der Waals surface area contributed by atoms with Crippen molar-refractivity contribution >= 4 is 38.5 Å². The minimum atomic E-state index is 0.844. The lowest BCUT2D eigenvalue weighted by molar-refractivity contribution is 0.520. The zero-order chi connectivity index (χ0) is 6.43. The summed E-state index contributed by atoms with van der Waals surface area (Å²) in [5, 5.41) is 0. The normalized spacial score (nSPS) is 56.7. The maximum atomic E-state index is 3.75. The lowest BCUT2D eigenvalue weighted by atomic mass is 10.0. The molecular formula is C7H10BrI. The lowest BCUT2D eigenvalue weighted by Crippen LogP contribution is -2.21. The second kappa shape index (κ2) is 2.36. The molecule has 4 atom stereocenters. The number of hydrogen-bond acceptors (Lipinski definition) is 0. The number of hydrogen-bond donors (Lipinski definition) is 0. The van der Waals surface area contributed by atoms with E-state index in [0.717, 1.165) is 20.6 Å². The Morgan fingerprint density at radius 3 is 2.22 bits per heavy atom. The van der Waals surface area contributed by atoms with Gasteiger partial charge in [-0.3, -0.25) is 0 Å². The first-order chi connectivity index (χ1) is 4.29. The number of rotatable bonds is 0. The summed E-state index contributed by atoms with van der Waals surface area (Å²) < 4.78 is 0.932. The van der Waals surface area contributed by atoms with Gasteiger partial charge < -0.3 is 0 Å². The molecule has 2 bridgehead atoms. The van der Waals surface area contributed by atoms with Crippen molar-refractivity contribution in [1.82, 2.24) is 0 Å². The molecule has 0 amide bonds. The quantitative estimate of drug-likeness (QED) is 0.477. The summed E-state index contributed by atoms with van der Waals surface area (Å²) in [5.41, 5.74) is 0. The number of alkyl halides is 2. The van der Waals surface area contributed by atoms with E-state index < -0.39 is 0 Å². The van der Waals surface area contributed by atoms with Crippen molar-refractivity contribution < 1.29 is 0 Å². The molecule has 2 aliphatic rings. The van der Waals surface area contributed by atoms with E-state index in [2.05, 4.69) is 38.5 Å². The predicted octanol–water partition coefficient (Wildman–Crippen LogP) is 2.98. The molecule has 2 rings (SSSR count). The van der Waals surface area contributed by atoms with Crippen molar-refractivity contribution in [3.8, 4) is 0 Å². The van der Waals surface area contributed by atoms with Gasteiger partial charge in [-0.05, 0) is 31.1 Å². The van der Waals surface area contributed by atoms with Crippen LogP contribution in [0.25, 0.3) is 0 Å². The topological polar surface area (TPSA) is 0 Å². The Morgan fingerprint density at radius 2 is 1.89 bits per heavy atom. The molecule has 52 valence electrons. The molecule has 0 saturated heterocycles. The van der Waals surface area contributed by atoms with Crippen LogP contribution in [0.15, 0.2) is 0 Å². The Bertz CT molecular complexity index is 108. The molecule has 0 aromatic heterocycles. The molecule has 2 unspecified atom stereocenters. The molecule has 0 heterocycles. The van der Waals surface area contributed by atoms with Gasteiger partial charge >= 0.3 is 0 Å². The summed E-state index contributed by atoms with van der Waals surface area (Å²) >= 11 is 6.36. The van der Waals surface area contributed by atoms with E-state index in [1.54, 1.807) is 0 Å². The second-order valence-electron chi connectivity index (χ2n) is 3.22. The Kier molecular flexibility index (Phi) is 1.81. The van der Waals surface area contributed by atoms with Gasteiger partial charge in [-0.1, -0.05) is 38.5 Å². The standard InChI is InChI=1S/C7H10BrI/c8-6-4-1-2-5(3-4)7(6)9/h4-7H,1-3H2/t4-,5+,6?,7?/m1/s1. The van der Waals surface area contributed by atoms with Crippen LogP contribution in [0.4, 0.5) is 0 Å². The summed E-state index contributed by atoms with van der Waals surface area (Å²) in [4.78, 5) is 0.844. The van der Waals surface area contributed by atoms with Crippen molar-refractivity contribution in [2.24, 2.45) is 11.8 Å². The third kappa shape index (κ3) is 0.971. The summed E-state index contributed by atoms with van der Waals surface area (Å²) in [6.45, 7) is 0. The first-order valence-electron chi connectivity index (χ1n) is 3.57. The van der Waals surface area contributed by atoms with E-state index >= 15 is 0 Å². The van der Waals surface area contributed by atoms with Gasteiger partial charge in [0.05, 0.1) is 0 Å². The lowest BCUT2D eigenvalue weighted by Gasteiger charge is -2.20. The first-order valence-corrected chi connectivity index (χ1v) is 5.73. The van der Waals surface area contributed by atoms with Crippen molar-refractivity contribution in [2.75, 3.05) is 0 Å². The second-order valence-corrected chi connectivity index (χ2v) is 5.72. The maximum Gasteiger partial charge on any atom is 0.0294 e. The Hall–Kier alpha value is 1.21. The van der Waals surface area contributed by atoms with Crippen molar-refractivity contribution in [3.63, 3.8) is 0 Å². The van der Waals surface area contributed by atoms with Crippen LogP contribution in [0, 0.1) is 11.8 Å². The third-order valence-corrected chi connectivity index (χ3v) is 6.82. The maximum absolute atomic E-state index is 3.75. The fraction of sp³-hybridized carbons (Fsp3) is 1.00. The van der Waals surface area contributed by atoms with Gasteiger partial charge in [0.1, 0.15) is 0 Å². The number of halogens is 2. The van der Waals surface area contributed by atoms with Gasteiger partial charge in [-0.25, -0.2) is 0 Å². The van der Waals surface area contributed by atoms with Crippen LogP contribution < -0.4 is 0 Å². The van der Waals surface area contributed by atoms with Crippen LogP contribution in [0.5, 0.6) is 0 Å². The third-order valence-electron chi connectivity index (χ3n) is 2.72. The van der Waals surface area contributed by atoms with Gasteiger partial charge in [-0.2, -0.15) is 0 Å². The SMILES string of the molecule is BrC1C(I)[C@H]2CC[C@@H]1C2. The number of fused-ring (bicyclic) bond motifs is 2. The predicted molar refractivity (Wildman–Crippen MR) is 51.4 cm³/mol. The summed E-state index contributed by atoms with van der Waals surface area (Å²) in [6, 6.07) is 0. The molecular weight excluding hydrogens is 291 g/mol. The van der Waals surface area contributed by atoms with Crippen molar-refractivity contribution in [3.05, 3.63) is 0 Å². The van der Waals surface area contributed by atoms with Crippen LogP contribution >= 0.6 is 38.5 Å². The van der Waals surface area contributed by atoms with E-state index in [1.807, 2.05) is 0 Å². The molecule has 2 heteroatoms.